The largest absolute Gasteiger partial charge is 0.506 e. The van der Waals surface area contributed by atoms with E-state index in [4.69, 9.17) is 4.79 Å². The number of nitrogens with two attached hydrogens (primary N) is 2. The number of benzene rings is 1. The number of nitro benzene ring substituents is 1. The number of carbonyl (C=O) groups is 2. The van der Waals surface area contributed by atoms with Crippen LogP contribution in [-0.4, -0.2) is 39.3 Å². The molecule has 2 atom stereocenters. The molecule has 2 rings (SSSR count). The van der Waals surface area contributed by atoms with Crippen molar-refractivity contribution in [2.45, 2.75) is 37.8 Å². The summed E-state index contributed by atoms with van der Waals surface area (Å²) >= 11 is 0. The monoisotopic (exact) mass is 355 g/mol. The Bertz CT molecular complexity index is 634. The van der Waals surface area contributed by atoms with Crippen molar-refractivity contribution in [2.24, 2.45) is 11.5 Å². The summed E-state index contributed by atoms with van der Waals surface area (Å²) < 4.78 is 0. The summed E-state index contributed by atoms with van der Waals surface area (Å²) in [5.41, 5.74) is 8.31. The van der Waals surface area contributed by atoms with E-state index in [0.29, 0.717) is 12.8 Å². The number of hydrogen-bond acceptors (Lipinski definition) is 6. The highest BCUT2D eigenvalue weighted by Gasteiger charge is 2.24. The van der Waals surface area contributed by atoms with Crippen LogP contribution >= 0.6 is 0 Å². The minimum absolute atomic E-state index is 0.0726. The minimum Gasteiger partial charge on any atom is -0.506 e. The van der Waals surface area contributed by atoms with Crippen LogP contribution in [-0.2, 0) is 0 Å². The minimum atomic E-state index is -0.833. The summed E-state index contributed by atoms with van der Waals surface area (Å²) in [5.74, 6) is -0.386. The number of phenolic OH excluding ortho intramolecular Hbond substituents is 1. The SMILES string of the molecule is NC(N)=O.O=C(Nc1ccc([N+](=O)[O-])cc1O)N[C@H]1CCCC[C@@H]1O. The number of non-ortho nitro benzene ring substituents is 1. The molecule has 1 aromatic rings. The molecule has 0 aliphatic heterocycles. The zero-order valence-electron chi connectivity index (χ0n) is 13.3. The lowest BCUT2D eigenvalue weighted by Gasteiger charge is -2.28. The van der Waals surface area contributed by atoms with Crippen LogP contribution in [0.15, 0.2) is 18.2 Å². The third-order valence-corrected chi connectivity index (χ3v) is 3.49. The number of phenols is 1. The van der Waals surface area contributed by atoms with Gasteiger partial charge in [-0.25, -0.2) is 9.59 Å². The van der Waals surface area contributed by atoms with Crippen molar-refractivity contribution in [1.82, 2.24) is 5.32 Å². The van der Waals surface area contributed by atoms with Crippen molar-refractivity contribution in [1.29, 1.82) is 0 Å². The number of aromatic hydroxyl groups is 1. The number of urea groups is 2. The third-order valence-electron chi connectivity index (χ3n) is 3.49. The molecule has 1 fully saturated rings. The van der Waals surface area contributed by atoms with Gasteiger partial charge in [0.25, 0.3) is 5.69 Å². The van der Waals surface area contributed by atoms with Crippen molar-refractivity contribution >= 4 is 23.4 Å². The number of anilines is 1. The fourth-order valence-electron chi connectivity index (χ4n) is 2.35. The summed E-state index contributed by atoms with van der Waals surface area (Å²) in [6.45, 7) is 0. The van der Waals surface area contributed by atoms with Crippen LogP contribution in [0.5, 0.6) is 5.75 Å². The third kappa shape index (κ3) is 6.91. The smallest absolute Gasteiger partial charge is 0.319 e. The average molecular weight is 355 g/mol. The molecule has 138 valence electrons. The second-order valence-electron chi connectivity index (χ2n) is 5.42. The van der Waals surface area contributed by atoms with Crippen LogP contribution in [0, 0.1) is 10.1 Å². The number of nitrogens with one attached hydrogen (secondary N) is 2. The molecule has 0 unspecified atom stereocenters. The summed E-state index contributed by atoms with van der Waals surface area (Å²) in [6, 6.07) is 1.68. The van der Waals surface area contributed by atoms with E-state index in [2.05, 4.69) is 22.1 Å². The highest BCUT2D eigenvalue weighted by atomic mass is 16.6. The van der Waals surface area contributed by atoms with Crippen molar-refractivity contribution in [2.75, 3.05) is 5.32 Å². The van der Waals surface area contributed by atoms with Crippen molar-refractivity contribution in [3.63, 3.8) is 0 Å². The molecular weight excluding hydrogens is 334 g/mol. The molecule has 1 aliphatic carbocycles. The van der Waals surface area contributed by atoms with E-state index in [-0.39, 0.29) is 23.2 Å². The first-order valence-electron chi connectivity index (χ1n) is 7.48. The fourth-order valence-corrected chi connectivity index (χ4v) is 2.35. The molecule has 0 bridgehead atoms. The Balaban J connectivity index is 0.000000705. The van der Waals surface area contributed by atoms with Gasteiger partial charge in [0.15, 0.2) is 0 Å². The molecule has 0 saturated heterocycles. The Morgan fingerprint density at radius 3 is 2.36 bits per heavy atom. The number of nitro groups is 1. The first-order valence-corrected chi connectivity index (χ1v) is 7.48. The molecule has 1 saturated carbocycles. The standard InChI is InChI=1S/C13H17N3O5.CH4N2O/c17-11-4-2-1-3-9(11)14-13(19)15-10-6-5-8(16(20)21)7-12(10)18;2-1(3)4/h5-7,9,11,17-18H,1-4H2,(H2,14,15,19);(H4,2,3,4)/t9-,11-;/m0./s1. The van der Waals surface area contributed by atoms with E-state index in [9.17, 15) is 25.1 Å². The molecule has 8 N–H and O–H groups in total. The number of aliphatic hydroxyl groups excluding tert-OH is 1. The number of primary amides is 2. The summed E-state index contributed by atoms with van der Waals surface area (Å²) in [5, 5.41) is 35.0. The molecule has 0 aromatic heterocycles. The Kier molecular flexibility index (Phi) is 7.41. The zero-order valence-corrected chi connectivity index (χ0v) is 13.3. The highest BCUT2D eigenvalue weighted by Crippen LogP contribution is 2.28. The fraction of sp³-hybridized carbons (Fsp3) is 0.429. The van der Waals surface area contributed by atoms with Gasteiger partial charge >= 0.3 is 12.1 Å². The van der Waals surface area contributed by atoms with E-state index < -0.39 is 23.1 Å². The topological polar surface area (TPSA) is 194 Å². The number of amides is 4. The zero-order chi connectivity index (χ0) is 19.0. The van der Waals surface area contributed by atoms with Crippen LogP contribution in [0.2, 0.25) is 0 Å². The highest BCUT2D eigenvalue weighted by molar-refractivity contribution is 5.91. The average Bonchev–Trinajstić information content (AvgIpc) is 2.51. The van der Waals surface area contributed by atoms with Gasteiger partial charge in [-0.2, -0.15) is 0 Å². The molecule has 0 radical (unpaired) electrons. The Hall–Kier alpha value is -3.08. The van der Waals surface area contributed by atoms with Crippen LogP contribution in [0.4, 0.5) is 21.0 Å². The van der Waals surface area contributed by atoms with Gasteiger partial charge in [-0.1, -0.05) is 12.8 Å². The van der Waals surface area contributed by atoms with E-state index in [1.807, 2.05) is 0 Å². The lowest BCUT2D eigenvalue weighted by atomic mass is 9.93. The predicted molar refractivity (Wildman–Crippen MR) is 88.9 cm³/mol. The van der Waals surface area contributed by atoms with E-state index in [0.717, 1.165) is 18.9 Å². The van der Waals surface area contributed by atoms with Gasteiger partial charge < -0.3 is 32.3 Å². The lowest BCUT2D eigenvalue weighted by Crippen LogP contribution is -2.46. The van der Waals surface area contributed by atoms with Crippen LogP contribution < -0.4 is 22.1 Å². The molecule has 4 amide bonds. The molecule has 0 heterocycles. The number of hydrogen-bond donors (Lipinski definition) is 6. The lowest BCUT2D eigenvalue weighted by molar-refractivity contribution is -0.384. The summed E-state index contributed by atoms with van der Waals surface area (Å²) in [4.78, 5) is 30.7. The number of aliphatic hydroxyl groups is 1. The summed E-state index contributed by atoms with van der Waals surface area (Å²) in [6.07, 6.45) is 2.64. The first kappa shape index (κ1) is 20.0. The number of rotatable bonds is 3. The molecule has 0 spiro atoms. The second-order valence-corrected chi connectivity index (χ2v) is 5.42. The molecule has 25 heavy (non-hydrogen) atoms. The van der Waals surface area contributed by atoms with Gasteiger partial charge in [0.05, 0.1) is 28.8 Å². The molecule has 1 aliphatic rings. The first-order chi connectivity index (χ1) is 11.7. The van der Waals surface area contributed by atoms with Gasteiger partial charge in [-0.3, -0.25) is 10.1 Å². The number of carbonyl (C=O) groups excluding carboxylic acids is 2. The van der Waals surface area contributed by atoms with Crippen LogP contribution in [0.25, 0.3) is 0 Å². The van der Waals surface area contributed by atoms with E-state index in [1.54, 1.807) is 0 Å². The van der Waals surface area contributed by atoms with Gasteiger partial charge in [0.2, 0.25) is 0 Å². The van der Waals surface area contributed by atoms with Gasteiger partial charge in [-0.15, -0.1) is 0 Å². The van der Waals surface area contributed by atoms with Gasteiger partial charge in [0.1, 0.15) is 5.75 Å². The van der Waals surface area contributed by atoms with Gasteiger partial charge in [0, 0.05) is 6.07 Å². The number of nitrogens with zero attached hydrogens (tertiary/aromatic N) is 1. The molecule has 1 aromatic carbocycles. The van der Waals surface area contributed by atoms with Crippen LogP contribution in [0.3, 0.4) is 0 Å². The van der Waals surface area contributed by atoms with Crippen molar-refractivity contribution < 1.29 is 24.7 Å². The Morgan fingerprint density at radius 1 is 1.24 bits per heavy atom. The molecule has 11 heteroatoms. The maximum absolute atomic E-state index is 11.8. The molecule has 11 nitrogen and oxygen atoms in total. The van der Waals surface area contributed by atoms with E-state index >= 15 is 0 Å². The van der Waals surface area contributed by atoms with Crippen molar-refractivity contribution in [3.05, 3.63) is 28.3 Å². The maximum Gasteiger partial charge on any atom is 0.319 e. The maximum atomic E-state index is 11.8. The second kappa shape index (κ2) is 9.27. The summed E-state index contributed by atoms with van der Waals surface area (Å²) in [7, 11) is 0. The van der Waals surface area contributed by atoms with Crippen LogP contribution in [0.1, 0.15) is 25.7 Å². The Morgan fingerprint density at radius 2 is 1.84 bits per heavy atom. The quantitative estimate of drug-likeness (QED) is 0.263. The Labute approximate surface area is 143 Å². The normalized spacial score (nSPS) is 19.1. The van der Waals surface area contributed by atoms with E-state index in [1.165, 1.54) is 12.1 Å². The molecular formula is C14H21N5O6. The van der Waals surface area contributed by atoms with Gasteiger partial charge in [-0.05, 0) is 18.9 Å². The van der Waals surface area contributed by atoms with Crippen molar-refractivity contribution in [3.8, 4) is 5.75 Å². The predicted octanol–water partition coefficient (Wildman–Crippen LogP) is 0.749.